The molecule has 0 spiro atoms. The largest absolute Gasteiger partial charge is 0.381 e. The molecule has 5 heteroatoms. The Morgan fingerprint density at radius 1 is 1.44 bits per heavy atom. The van der Waals surface area contributed by atoms with Gasteiger partial charge in [-0.1, -0.05) is 6.07 Å². The predicted molar refractivity (Wildman–Crippen MR) is 70.0 cm³/mol. The number of carbonyl (C=O) groups excluding carboxylic acids is 1. The van der Waals surface area contributed by atoms with Crippen LogP contribution in [0.2, 0.25) is 0 Å². The van der Waals surface area contributed by atoms with Crippen LogP contribution in [0.5, 0.6) is 0 Å². The second kappa shape index (κ2) is 5.36. The van der Waals surface area contributed by atoms with Crippen LogP contribution in [0.4, 0.5) is 4.39 Å². The van der Waals surface area contributed by atoms with Crippen LogP contribution >= 0.6 is 15.9 Å². The summed E-state index contributed by atoms with van der Waals surface area (Å²) in [5, 5.41) is 2.96. The van der Waals surface area contributed by atoms with Gasteiger partial charge in [-0.3, -0.25) is 4.79 Å². The third kappa shape index (κ3) is 2.90. The van der Waals surface area contributed by atoms with Gasteiger partial charge in [-0.2, -0.15) is 0 Å². The van der Waals surface area contributed by atoms with Crippen LogP contribution in [0.1, 0.15) is 30.1 Å². The number of hydrogen-bond donors (Lipinski definition) is 1. The van der Waals surface area contributed by atoms with Crippen LogP contribution in [0.3, 0.4) is 0 Å². The van der Waals surface area contributed by atoms with Crippen molar-refractivity contribution in [3.05, 3.63) is 34.1 Å². The van der Waals surface area contributed by atoms with E-state index in [1.807, 2.05) is 6.92 Å². The van der Waals surface area contributed by atoms with Gasteiger partial charge in [0.2, 0.25) is 0 Å². The summed E-state index contributed by atoms with van der Waals surface area (Å²) in [7, 11) is 0. The van der Waals surface area contributed by atoms with Gasteiger partial charge in [0.05, 0.1) is 10.0 Å². The standard InChI is InChI=1S/C13H15BrFNO2/c1-13(5-7-18-8-6-13)16-12(17)9-3-2-4-10(15)11(9)14/h2-4H,5-8H2,1H3,(H,16,17). The fourth-order valence-corrected chi connectivity index (χ4v) is 2.41. The highest BCUT2D eigenvalue weighted by Crippen LogP contribution is 2.24. The molecule has 1 fully saturated rings. The molecule has 98 valence electrons. The molecule has 1 aromatic carbocycles. The monoisotopic (exact) mass is 315 g/mol. The van der Waals surface area contributed by atoms with Gasteiger partial charge in [0, 0.05) is 18.8 Å². The van der Waals surface area contributed by atoms with Crippen molar-refractivity contribution in [2.24, 2.45) is 0 Å². The lowest BCUT2D eigenvalue weighted by Gasteiger charge is -2.34. The van der Waals surface area contributed by atoms with Crippen molar-refractivity contribution >= 4 is 21.8 Å². The van der Waals surface area contributed by atoms with E-state index in [2.05, 4.69) is 21.2 Å². The average Bonchev–Trinajstić information content (AvgIpc) is 2.33. The minimum Gasteiger partial charge on any atom is -0.381 e. The van der Waals surface area contributed by atoms with Crippen LogP contribution in [0, 0.1) is 5.82 Å². The van der Waals surface area contributed by atoms with E-state index < -0.39 is 5.82 Å². The van der Waals surface area contributed by atoms with Crippen molar-refractivity contribution in [1.29, 1.82) is 0 Å². The molecule has 0 aliphatic carbocycles. The molecule has 1 aliphatic heterocycles. The van der Waals surface area contributed by atoms with Gasteiger partial charge < -0.3 is 10.1 Å². The van der Waals surface area contributed by atoms with E-state index in [9.17, 15) is 9.18 Å². The van der Waals surface area contributed by atoms with E-state index in [4.69, 9.17) is 4.74 Å². The highest BCUT2D eigenvalue weighted by atomic mass is 79.9. The van der Waals surface area contributed by atoms with Crippen molar-refractivity contribution in [3.63, 3.8) is 0 Å². The highest BCUT2D eigenvalue weighted by Gasteiger charge is 2.29. The zero-order valence-electron chi connectivity index (χ0n) is 10.1. The van der Waals surface area contributed by atoms with Gasteiger partial charge in [-0.05, 0) is 47.8 Å². The van der Waals surface area contributed by atoms with Crippen LogP contribution < -0.4 is 5.32 Å². The molecule has 0 bridgehead atoms. The number of halogens is 2. The molecule has 1 heterocycles. The van der Waals surface area contributed by atoms with E-state index in [0.717, 1.165) is 12.8 Å². The second-order valence-corrected chi connectivity index (χ2v) is 5.52. The molecular weight excluding hydrogens is 301 g/mol. The topological polar surface area (TPSA) is 38.3 Å². The molecular formula is C13H15BrFNO2. The molecule has 1 saturated heterocycles. The third-order valence-corrected chi connectivity index (χ3v) is 4.01. The van der Waals surface area contributed by atoms with Crippen LogP contribution in [0.15, 0.2) is 22.7 Å². The maximum Gasteiger partial charge on any atom is 0.252 e. The molecule has 0 atom stereocenters. The van der Waals surface area contributed by atoms with Crippen molar-refractivity contribution in [2.75, 3.05) is 13.2 Å². The molecule has 1 aromatic rings. The Morgan fingerprint density at radius 2 is 2.11 bits per heavy atom. The van der Waals surface area contributed by atoms with Crippen molar-refractivity contribution in [2.45, 2.75) is 25.3 Å². The van der Waals surface area contributed by atoms with Crippen molar-refractivity contribution in [1.82, 2.24) is 5.32 Å². The van der Waals surface area contributed by atoms with E-state index in [0.29, 0.717) is 18.8 Å². The molecule has 1 N–H and O–H groups in total. The minimum absolute atomic E-state index is 0.207. The van der Waals surface area contributed by atoms with Crippen molar-refractivity contribution in [3.8, 4) is 0 Å². The highest BCUT2D eigenvalue weighted by molar-refractivity contribution is 9.10. The summed E-state index contributed by atoms with van der Waals surface area (Å²) in [4.78, 5) is 12.1. The molecule has 0 saturated carbocycles. The Balaban J connectivity index is 2.14. The summed E-state index contributed by atoms with van der Waals surface area (Å²) in [6.07, 6.45) is 1.54. The first-order valence-corrected chi connectivity index (χ1v) is 6.65. The molecule has 1 aliphatic rings. The van der Waals surface area contributed by atoms with E-state index in [1.165, 1.54) is 12.1 Å². The number of nitrogens with one attached hydrogen (secondary N) is 1. The number of amides is 1. The quantitative estimate of drug-likeness (QED) is 0.911. The zero-order chi connectivity index (χ0) is 13.2. The van der Waals surface area contributed by atoms with Crippen LogP contribution in [-0.4, -0.2) is 24.7 Å². The van der Waals surface area contributed by atoms with Gasteiger partial charge in [0.1, 0.15) is 5.82 Å². The Labute approximate surface area is 114 Å². The summed E-state index contributed by atoms with van der Waals surface area (Å²) in [5.74, 6) is -0.689. The second-order valence-electron chi connectivity index (χ2n) is 4.73. The number of carbonyl (C=O) groups is 1. The molecule has 1 amide bonds. The smallest absolute Gasteiger partial charge is 0.252 e. The molecule has 3 nitrogen and oxygen atoms in total. The van der Waals surface area contributed by atoms with E-state index >= 15 is 0 Å². The van der Waals surface area contributed by atoms with Crippen LogP contribution in [-0.2, 0) is 4.74 Å². The van der Waals surface area contributed by atoms with E-state index in [1.54, 1.807) is 6.07 Å². The Bertz CT molecular complexity index is 458. The molecule has 0 unspecified atom stereocenters. The Morgan fingerprint density at radius 3 is 2.78 bits per heavy atom. The number of benzene rings is 1. The maximum atomic E-state index is 13.4. The minimum atomic E-state index is -0.431. The van der Waals surface area contributed by atoms with E-state index in [-0.39, 0.29) is 15.9 Å². The fraction of sp³-hybridized carbons (Fsp3) is 0.462. The maximum absolute atomic E-state index is 13.4. The summed E-state index contributed by atoms with van der Waals surface area (Å²) >= 11 is 3.10. The molecule has 2 rings (SSSR count). The Kier molecular flexibility index (Phi) is 4.02. The lowest BCUT2D eigenvalue weighted by Crippen LogP contribution is -2.49. The van der Waals surface area contributed by atoms with Gasteiger partial charge in [-0.15, -0.1) is 0 Å². The predicted octanol–water partition coefficient (Wildman–Crippen LogP) is 2.89. The molecule has 0 radical (unpaired) electrons. The fourth-order valence-electron chi connectivity index (χ4n) is 1.97. The SMILES string of the molecule is CC1(NC(=O)c2cccc(F)c2Br)CCOCC1. The molecule has 0 aromatic heterocycles. The van der Waals surface area contributed by atoms with Gasteiger partial charge in [0.25, 0.3) is 5.91 Å². The first-order valence-electron chi connectivity index (χ1n) is 5.86. The average molecular weight is 316 g/mol. The Hall–Kier alpha value is -0.940. The normalized spacial score (nSPS) is 18.4. The number of hydrogen-bond acceptors (Lipinski definition) is 2. The summed E-state index contributed by atoms with van der Waals surface area (Å²) < 4.78 is 18.8. The zero-order valence-corrected chi connectivity index (χ0v) is 11.7. The van der Waals surface area contributed by atoms with Gasteiger partial charge in [-0.25, -0.2) is 4.39 Å². The third-order valence-electron chi connectivity index (χ3n) is 3.21. The lowest BCUT2D eigenvalue weighted by atomic mass is 9.92. The van der Waals surface area contributed by atoms with Gasteiger partial charge in [0.15, 0.2) is 0 Å². The van der Waals surface area contributed by atoms with Crippen LogP contribution in [0.25, 0.3) is 0 Å². The lowest BCUT2D eigenvalue weighted by molar-refractivity contribution is 0.0422. The van der Waals surface area contributed by atoms with Crippen molar-refractivity contribution < 1.29 is 13.9 Å². The van der Waals surface area contributed by atoms with Gasteiger partial charge >= 0.3 is 0 Å². The number of rotatable bonds is 2. The summed E-state index contributed by atoms with van der Waals surface area (Å²) in [5.41, 5.74) is 0.0453. The first kappa shape index (κ1) is 13.5. The first-order chi connectivity index (χ1) is 8.52. The summed E-state index contributed by atoms with van der Waals surface area (Å²) in [6.45, 7) is 3.27. The molecule has 18 heavy (non-hydrogen) atoms. The summed E-state index contributed by atoms with van der Waals surface area (Å²) in [6, 6.07) is 4.45. The number of ether oxygens (including phenoxy) is 1.